The second-order valence-electron chi connectivity index (χ2n) is 8.11. The first-order chi connectivity index (χ1) is 16.1. The molecule has 1 N–H and O–H groups in total. The minimum absolute atomic E-state index is 0.0253. The maximum Gasteiger partial charge on any atom is 0.254 e. The molecule has 0 radical (unpaired) electrons. The third kappa shape index (κ3) is 5.34. The lowest BCUT2D eigenvalue weighted by molar-refractivity contribution is -0.124. The Bertz CT molecular complexity index is 1140. The highest BCUT2D eigenvalue weighted by atomic mass is 16.5. The van der Waals surface area contributed by atoms with Crippen LogP contribution in [0.25, 0.3) is 11.1 Å². The van der Waals surface area contributed by atoms with E-state index in [-0.39, 0.29) is 17.7 Å². The first kappa shape index (κ1) is 22.4. The monoisotopic (exact) mass is 444 g/mol. The molecule has 6 nitrogen and oxygen atoms in total. The lowest BCUT2D eigenvalue weighted by atomic mass is 9.95. The molecular weight excluding hydrogens is 416 g/mol. The van der Waals surface area contributed by atoms with Crippen LogP contribution >= 0.6 is 0 Å². The topological polar surface area (TPSA) is 67.9 Å². The fraction of sp³-hybridized carbons (Fsp3) is 0.259. The number of amides is 2. The van der Waals surface area contributed by atoms with Crippen LogP contribution in [0, 0.1) is 5.92 Å². The maximum atomic E-state index is 13.1. The van der Waals surface area contributed by atoms with Gasteiger partial charge in [0.15, 0.2) is 0 Å². The summed E-state index contributed by atoms with van der Waals surface area (Å²) in [5.74, 6) is 0.981. The van der Waals surface area contributed by atoms with Gasteiger partial charge in [-0.15, -0.1) is 0 Å². The molecule has 1 atom stereocenters. The number of ether oxygens (including phenoxy) is 2. The Morgan fingerprint density at radius 2 is 1.61 bits per heavy atom. The Kier molecular flexibility index (Phi) is 6.93. The van der Waals surface area contributed by atoms with E-state index >= 15 is 0 Å². The van der Waals surface area contributed by atoms with Crippen molar-refractivity contribution < 1.29 is 19.1 Å². The smallest absolute Gasteiger partial charge is 0.254 e. The molecule has 0 bridgehead atoms. The van der Waals surface area contributed by atoms with Gasteiger partial charge in [0.25, 0.3) is 5.91 Å². The minimum atomic E-state index is -0.331. The van der Waals surface area contributed by atoms with Crippen molar-refractivity contribution >= 4 is 11.8 Å². The van der Waals surface area contributed by atoms with Gasteiger partial charge in [-0.1, -0.05) is 42.5 Å². The number of carbonyl (C=O) groups is 2. The van der Waals surface area contributed by atoms with Crippen molar-refractivity contribution in [2.24, 2.45) is 5.92 Å². The van der Waals surface area contributed by atoms with Crippen molar-refractivity contribution in [3.63, 3.8) is 0 Å². The highest BCUT2D eigenvalue weighted by Crippen LogP contribution is 2.26. The van der Waals surface area contributed by atoms with Crippen LogP contribution in [0.15, 0.2) is 72.8 Å². The van der Waals surface area contributed by atoms with E-state index in [0.717, 1.165) is 22.4 Å². The largest absolute Gasteiger partial charge is 0.497 e. The van der Waals surface area contributed by atoms with Crippen LogP contribution in [-0.2, 0) is 11.2 Å². The van der Waals surface area contributed by atoms with Gasteiger partial charge in [0.1, 0.15) is 11.5 Å². The van der Waals surface area contributed by atoms with Gasteiger partial charge in [-0.05, 0) is 53.4 Å². The molecule has 0 saturated carbocycles. The van der Waals surface area contributed by atoms with E-state index in [0.29, 0.717) is 37.4 Å². The van der Waals surface area contributed by atoms with Crippen LogP contribution in [0.2, 0.25) is 0 Å². The SMILES string of the molecule is COc1cccc(C(=O)N2CCNC(=O)[C@@H](Cc3cccc(-c4cccc(OC)c4)c3)C2)c1. The number of carbonyl (C=O) groups excluding carboxylic acids is 2. The molecule has 2 amide bonds. The summed E-state index contributed by atoms with van der Waals surface area (Å²) in [4.78, 5) is 27.7. The summed E-state index contributed by atoms with van der Waals surface area (Å²) in [6.07, 6.45) is 0.547. The number of nitrogens with one attached hydrogen (secondary N) is 1. The third-order valence-electron chi connectivity index (χ3n) is 5.91. The lowest BCUT2D eigenvalue weighted by Gasteiger charge is -2.23. The van der Waals surface area contributed by atoms with Gasteiger partial charge in [-0.25, -0.2) is 0 Å². The summed E-state index contributed by atoms with van der Waals surface area (Å²) in [7, 11) is 3.23. The number of rotatable bonds is 6. The van der Waals surface area contributed by atoms with Crippen molar-refractivity contribution in [1.29, 1.82) is 0 Å². The predicted octanol–water partition coefficient (Wildman–Crippen LogP) is 3.80. The standard InChI is InChI=1S/C27H28N2O4/c1-32-24-10-4-8-21(16-24)20-7-3-6-19(14-20)15-23-18-29(13-12-28-26(23)30)27(31)22-9-5-11-25(17-22)33-2/h3-11,14,16-17,23H,12-13,15,18H2,1-2H3,(H,28,30)/t23-/m0/s1. The van der Waals surface area contributed by atoms with Crippen LogP contribution in [-0.4, -0.2) is 50.6 Å². The van der Waals surface area contributed by atoms with Crippen molar-refractivity contribution in [3.8, 4) is 22.6 Å². The third-order valence-corrected chi connectivity index (χ3v) is 5.91. The summed E-state index contributed by atoms with van der Waals surface area (Å²) in [6.45, 7) is 1.28. The normalized spacial score (nSPS) is 16.0. The Hall–Kier alpha value is -3.80. The second-order valence-corrected chi connectivity index (χ2v) is 8.11. The number of benzene rings is 3. The molecule has 33 heavy (non-hydrogen) atoms. The average Bonchev–Trinajstić information content (AvgIpc) is 3.05. The summed E-state index contributed by atoms with van der Waals surface area (Å²) >= 11 is 0. The van der Waals surface area contributed by atoms with Crippen LogP contribution in [0.1, 0.15) is 15.9 Å². The van der Waals surface area contributed by atoms with Gasteiger partial charge in [0.05, 0.1) is 20.1 Å². The van der Waals surface area contributed by atoms with Gasteiger partial charge in [-0.2, -0.15) is 0 Å². The van der Waals surface area contributed by atoms with Gasteiger partial charge < -0.3 is 19.7 Å². The Labute approximate surface area is 194 Å². The molecule has 170 valence electrons. The molecule has 0 aromatic heterocycles. The minimum Gasteiger partial charge on any atom is -0.497 e. The zero-order chi connectivity index (χ0) is 23.2. The molecule has 3 aromatic carbocycles. The first-order valence-electron chi connectivity index (χ1n) is 11.0. The van der Waals surface area contributed by atoms with Crippen LogP contribution < -0.4 is 14.8 Å². The molecular formula is C27H28N2O4. The van der Waals surface area contributed by atoms with E-state index in [4.69, 9.17) is 9.47 Å². The summed E-state index contributed by atoms with van der Waals surface area (Å²) in [5.41, 5.74) is 3.72. The van der Waals surface area contributed by atoms with Gasteiger partial charge in [-0.3, -0.25) is 9.59 Å². The molecule has 0 aliphatic carbocycles. The van der Waals surface area contributed by atoms with E-state index in [1.54, 1.807) is 37.3 Å². The highest BCUT2D eigenvalue weighted by Gasteiger charge is 2.28. The quantitative estimate of drug-likeness (QED) is 0.628. The lowest BCUT2D eigenvalue weighted by Crippen LogP contribution is -2.37. The highest BCUT2D eigenvalue weighted by molar-refractivity contribution is 5.95. The van der Waals surface area contributed by atoms with Crippen molar-refractivity contribution in [2.75, 3.05) is 33.9 Å². The predicted molar refractivity (Wildman–Crippen MR) is 128 cm³/mol. The van der Waals surface area contributed by atoms with Crippen LogP contribution in [0.3, 0.4) is 0 Å². The fourth-order valence-corrected chi connectivity index (χ4v) is 4.14. The van der Waals surface area contributed by atoms with Crippen molar-refractivity contribution in [1.82, 2.24) is 10.2 Å². The molecule has 4 rings (SSSR count). The van der Waals surface area contributed by atoms with Crippen molar-refractivity contribution in [2.45, 2.75) is 6.42 Å². The van der Waals surface area contributed by atoms with E-state index in [1.807, 2.05) is 48.5 Å². The number of hydrogen-bond acceptors (Lipinski definition) is 4. The number of methoxy groups -OCH3 is 2. The van der Waals surface area contributed by atoms with Crippen LogP contribution in [0.4, 0.5) is 0 Å². The number of hydrogen-bond donors (Lipinski definition) is 1. The number of nitrogens with zero attached hydrogens (tertiary/aromatic N) is 1. The van der Waals surface area contributed by atoms with Gasteiger partial charge >= 0.3 is 0 Å². The summed E-state index contributed by atoms with van der Waals surface area (Å²) in [5, 5.41) is 2.96. The Balaban J connectivity index is 1.53. The molecule has 0 spiro atoms. The molecule has 1 heterocycles. The fourth-order valence-electron chi connectivity index (χ4n) is 4.14. The van der Waals surface area contributed by atoms with Gasteiger partial charge in [0, 0.05) is 25.2 Å². The van der Waals surface area contributed by atoms with E-state index in [9.17, 15) is 9.59 Å². The molecule has 1 aliphatic rings. The first-order valence-corrected chi connectivity index (χ1v) is 11.0. The summed E-state index contributed by atoms with van der Waals surface area (Å²) < 4.78 is 10.6. The molecule has 0 unspecified atom stereocenters. The molecule has 1 aliphatic heterocycles. The summed E-state index contributed by atoms with van der Waals surface area (Å²) in [6, 6.07) is 23.2. The van der Waals surface area contributed by atoms with E-state index in [2.05, 4.69) is 11.4 Å². The molecule has 6 heteroatoms. The van der Waals surface area contributed by atoms with E-state index in [1.165, 1.54) is 0 Å². The zero-order valence-corrected chi connectivity index (χ0v) is 18.9. The van der Waals surface area contributed by atoms with Crippen molar-refractivity contribution in [3.05, 3.63) is 83.9 Å². The zero-order valence-electron chi connectivity index (χ0n) is 18.9. The average molecular weight is 445 g/mol. The van der Waals surface area contributed by atoms with E-state index < -0.39 is 0 Å². The molecule has 1 fully saturated rings. The van der Waals surface area contributed by atoms with Gasteiger partial charge in [0.2, 0.25) is 5.91 Å². The van der Waals surface area contributed by atoms with Crippen LogP contribution in [0.5, 0.6) is 11.5 Å². The maximum absolute atomic E-state index is 13.1. The second kappa shape index (κ2) is 10.2. The molecule has 3 aromatic rings. The Morgan fingerprint density at radius 1 is 0.939 bits per heavy atom. The molecule has 1 saturated heterocycles. The Morgan fingerprint density at radius 3 is 2.36 bits per heavy atom.